The molecule has 2 fully saturated rings. The second kappa shape index (κ2) is 4.79. The van der Waals surface area contributed by atoms with E-state index >= 15 is 0 Å². The molecule has 4 heteroatoms. The van der Waals surface area contributed by atoms with Crippen LogP contribution in [0.15, 0.2) is 22.7 Å². The van der Waals surface area contributed by atoms with E-state index in [9.17, 15) is 0 Å². The van der Waals surface area contributed by atoms with Gasteiger partial charge in [-0.15, -0.1) is 0 Å². The maximum absolute atomic E-state index is 6.03. The van der Waals surface area contributed by atoms with Crippen LogP contribution >= 0.6 is 27.5 Å². The van der Waals surface area contributed by atoms with Gasteiger partial charge >= 0.3 is 0 Å². The van der Waals surface area contributed by atoms with E-state index < -0.39 is 0 Å². The molecule has 2 nitrogen and oxygen atoms in total. The van der Waals surface area contributed by atoms with Gasteiger partial charge in [0.05, 0.1) is 5.02 Å². The van der Waals surface area contributed by atoms with E-state index in [1.165, 1.54) is 18.5 Å². The van der Waals surface area contributed by atoms with Gasteiger partial charge in [-0.05, 0) is 52.9 Å². The quantitative estimate of drug-likeness (QED) is 0.901. The largest absolute Gasteiger partial charge is 0.369 e. The van der Waals surface area contributed by atoms with Crippen LogP contribution in [0.3, 0.4) is 0 Å². The number of piperazine rings is 1. The minimum atomic E-state index is 0.679. The highest BCUT2D eigenvalue weighted by atomic mass is 79.9. The van der Waals surface area contributed by atoms with Crippen LogP contribution in [-0.4, -0.2) is 25.7 Å². The molecule has 3 rings (SSSR count). The molecule has 1 saturated carbocycles. The van der Waals surface area contributed by atoms with Crippen molar-refractivity contribution in [2.45, 2.75) is 18.9 Å². The summed E-state index contributed by atoms with van der Waals surface area (Å²) in [6, 6.07) is 6.88. The molecule has 0 amide bonds. The fraction of sp³-hybridized carbons (Fsp3) is 0.538. The zero-order valence-corrected chi connectivity index (χ0v) is 12.0. The zero-order chi connectivity index (χ0) is 11.8. The Kier molecular flexibility index (Phi) is 3.33. The number of hydrogen-bond acceptors (Lipinski definition) is 2. The van der Waals surface area contributed by atoms with E-state index in [2.05, 4.69) is 38.3 Å². The molecule has 0 spiro atoms. The van der Waals surface area contributed by atoms with Crippen LogP contribution in [0, 0.1) is 5.92 Å². The molecule has 1 atom stereocenters. The highest BCUT2D eigenvalue weighted by Gasteiger charge is 2.34. The Bertz CT molecular complexity index is 420. The standard InChI is InChI=1S/C13H16BrClN2/c14-11-7-10(3-4-12(11)15)17-6-5-16-13(8-17)9-1-2-9/h3-4,7,9,13,16H,1-2,5-6,8H2. The normalized spacial score (nSPS) is 25.1. The minimum Gasteiger partial charge on any atom is -0.369 e. The van der Waals surface area contributed by atoms with Crippen molar-refractivity contribution in [1.82, 2.24) is 5.32 Å². The molecule has 92 valence electrons. The van der Waals surface area contributed by atoms with Gasteiger partial charge in [0.25, 0.3) is 0 Å². The molecule has 1 aromatic carbocycles. The first-order valence-corrected chi connectivity index (χ1v) is 7.34. The van der Waals surface area contributed by atoms with E-state index in [0.29, 0.717) is 6.04 Å². The lowest BCUT2D eigenvalue weighted by Gasteiger charge is -2.35. The third-order valence-electron chi connectivity index (χ3n) is 3.66. The molecular formula is C13H16BrClN2. The summed E-state index contributed by atoms with van der Waals surface area (Å²) >= 11 is 9.53. The molecule has 1 aliphatic carbocycles. The van der Waals surface area contributed by atoms with Gasteiger partial charge in [-0.1, -0.05) is 11.6 Å². The van der Waals surface area contributed by atoms with Crippen molar-refractivity contribution in [2.24, 2.45) is 5.92 Å². The van der Waals surface area contributed by atoms with Crippen LogP contribution < -0.4 is 10.2 Å². The first kappa shape index (κ1) is 11.8. The second-order valence-electron chi connectivity index (χ2n) is 4.94. The van der Waals surface area contributed by atoms with Crippen molar-refractivity contribution in [2.75, 3.05) is 24.5 Å². The predicted octanol–water partition coefficient (Wildman–Crippen LogP) is 3.29. The molecule has 17 heavy (non-hydrogen) atoms. The van der Waals surface area contributed by atoms with Gasteiger partial charge in [0.1, 0.15) is 0 Å². The van der Waals surface area contributed by atoms with Crippen molar-refractivity contribution < 1.29 is 0 Å². The summed E-state index contributed by atoms with van der Waals surface area (Å²) in [5, 5.41) is 4.41. The minimum absolute atomic E-state index is 0.679. The summed E-state index contributed by atoms with van der Waals surface area (Å²) < 4.78 is 0.984. The fourth-order valence-corrected chi connectivity index (χ4v) is 2.99. The summed E-state index contributed by atoms with van der Waals surface area (Å²) in [7, 11) is 0. The van der Waals surface area contributed by atoms with E-state index in [4.69, 9.17) is 11.6 Å². The molecule has 2 aliphatic rings. The number of hydrogen-bond donors (Lipinski definition) is 1. The number of halogens is 2. The summed E-state index contributed by atoms with van der Waals surface area (Å²) in [5.74, 6) is 0.911. The summed E-state index contributed by atoms with van der Waals surface area (Å²) in [4.78, 5) is 2.46. The average molecular weight is 316 g/mol. The summed E-state index contributed by atoms with van der Waals surface area (Å²) in [6.45, 7) is 3.29. The van der Waals surface area contributed by atoms with Crippen LogP contribution in [0.2, 0.25) is 5.02 Å². The van der Waals surface area contributed by atoms with Gasteiger partial charge in [-0.2, -0.15) is 0 Å². The van der Waals surface area contributed by atoms with Crippen LogP contribution in [0.25, 0.3) is 0 Å². The number of nitrogens with zero attached hydrogens (tertiary/aromatic N) is 1. The Morgan fingerprint density at radius 2 is 2.18 bits per heavy atom. The molecule has 1 unspecified atom stereocenters. The van der Waals surface area contributed by atoms with Crippen LogP contribution in [0.1, 0.15) is 12.8 Å². The molecule has 0 bridgehead atoms. The highest BCUT2D eigenvalue weighted by Crippen LogP contribution is 2.35. The van der Waals surface area contributed by atoms with Crippen molar-refractivity contribution in [3.05, 3.63) is 27.7 Å². The number of rotatable bonds is 2. The predicted molar refractivity (Wildman–Crippen MR) is 75.9 cm³/mol. The van der Waals surface area contributed by atoms with Crippen molar-refractivity contribution in [3.8, 4) is 0 Å². The molecule has 1 aliphatic heterocycles. The number of anilines is 1. The first-order valence-electron chi connectivity index (χ1n) is 6.17. The Hall–Kier alpha value is -0.250. The summed E-state index contributed by atoms with van der Waals surface area (Å²) in [6.07, 6.45) is 2.80. The molecule has 1 heterocycles. The van der Waals surface area contributed by atoms with E-state index in [1.807, 2.05) is 6.07 Å². The van der Waals surface area contributed by atoms with Crippen molar-refractivity contribution in [1.29, 1.82) is 0 Å². The van der Waals surface area contributed by atoms with E-state index in [0.717, 1.165) is 35.0 Å². The smallest absolute Gasteiger partial charge is 0.0549 e. The topological polar surface area (TPSA) is 15.3 Å². The number of nitrogens with one attached hydrogen (secondary N) is 1. The third-order valence-corrected chi connectivity index (χ3v) is 4.88. The molecular weight excluding hydrogens is 300 g/mol. The molecule has 1 N–H and O–H groups in total. The molecule has 1 saturated heterocycles. The second-order valence-corrected chi connectivity index (χ2v) is 6.20. The SMILES string of the molecule is Clc1ccc(N2CCNC(C3CC3)C2)cc1Br. The average Bonchev–Trinajstić information content (AvgIpc) is 3.17. The van der Waals surface area contributed by atoms with Gasteiger partial charge in [0.15, 0.2) is 0 Å². The third kappa shape index (κ3) is 2.61. The van der Waals surface area contributed by atoms with E-state index in [-0.39, 0.29) is 0 Å². The maximum Gasteiger partial charge on any atom is 0.0549 e. The maximum atomic E-state index is 6.03. The lowest BCUT2D eigenvalue weighted by atomic mass is 10.1. The van der Waals surface area contributed by atoms with Gasteiger partial charge < -0.3 is 10.2 Å². The first-order chi connectivity index (χ1) is 8.24. The highest BCUT2D eigenvalue weighted by molar-refractivity contribution is 9.10. The van der Waals surface area contributed by atoms with Crippen molar-refractivity contribution in [3.63, 3.8) is 0 Å². The van der Waals surface area contributed by atoms with Gasteiger partial charge in [-0.3, -0.25) is 0 Å². The van der Waals surface area contributed by atoms with E-state index in [1.54, 1.807) is 0 Å². The molecule has 1 aromatic rings. The van der Waals surface area contributed by atoms with Crippen molar-refractivity contribution >= 4 is 33.2 Å². The number of benzene rings is 1. The Balaban J connectivity index is 1.75. The monoisotopic (exact) mass is 314 g/mol. The summed E-state index contributed by atoms with van der Waals surface area (Å²) in [5.41, 5.74) is 1.27. The van der Waals surface area contributed by atoms with Crippen LogP contribution in [0.5, 0.6) is 0 Å². The van der Waals surface area contributed by atoms with Gasteiger partial charge in [-0.25, -0.2) is 0 Å². The Morgan fingerprint density at radius 3 is 2.88 bits per heavy atom. The Labute approximate surface area is 115 Å². The molecule has 0 radical (unpaired) electrons. The fourth-order valence-electron chi connectivity index (χ4n) is 2.51. The van der Waals surface area contributed by atoms with Crippen LogP contribution in [0.4, 0.5) is 5.69 Å². The van der Waals surface area contributed by atoms with Gasteiger partial charge in [0.2, 0.25) is 0 Å². The van der Waals surface area contributed by atoms with Crippen LogP contribution in [-0.2, 0) is 0 Å². The lowest BCUT2D eigenvalue weighted by Crippen LogP contribution is -2.51. The molecule has 0 aromatic heterocycles. The zero-order valence-electron chi connectivity index (χ0n) is 9.63. The lowest BCUT2D eigenvalue weighted by molar-refractivity contribution is 0.419. The Morgan fingerprint density at radius 1 is 1.35 bits per heavy atom. The van der Waals surface area contributed by atoms with Gasteiger partial charge in [0, 0.05) is 35.8 Å².